The first-order valence-electron chi connectivity index (χ1n) is 6.07. The largest absolute Gasteiger partial charge is 0.344 e. The highest BCUT2D eigenvalue weighted by molar-refractivity contribution is 5.90. The normalized spacial score (nSPS) is 23.0. The van der Waals surface area contributed by atoms with Crippen molar-refractivity contribution >= 4 is 11.8 Å². The summed E-state index contributed by atoms with van der Waals surface area (Å²) in [6, 6.07) is -0.663. The molecule has 1 rings (SSSR count). The van der Waals surface area contributed by atoms with Gasteiger partial charge in [-0.1, -0.05) is 26.7 Å². The Bertz CT molecular complexity index is 344. The molecule has 17 heavy (non-hydrogen) atoms. The number of nitrogens with one attached hydrogen (secondary N) is 1. The van der Waals surface area contributed by atoms with Crippen LogP contribution in [0.4, 0.5) is 0 Å². The molecule has 0 radical (unpaired) electrons. The van der Waals surface area contributed by atoms with Crippen molar-refractivity contribution in [3.05, 3.63) is 0 Å². The molecular formula is C13H20N2O2. The highest BCUT2D eigenvalue weighted by Crippen LogP contribution is 2.14. The lowest BCUT2D eigenvalue weighted by Crippen LogP contribution is -2.50. The number of terminal acetylenes is 1. The SMILES string of the molecule is C#CC(CC)N1CCC(=O)NC(C(C)C)C1=O. The van der Waals surface area contributed by atoms with Crippen molar-refractivity contribution in [3.63, 3.8) is 0 Å². The van der Waals surface area contributed by atoms with Crippen molar-refractivity contribution in [3.8, 4) is 12.3 Å². The molecule has 1 saturated heterocycles. The molecule has 1 aliphatic rings. The van der Waals surface area contributed by atoms with Gasteiger partial charge in [-0.2, -0.15) is 0 Å². The summed E-state index contributed by atoms with van der Waals surface area (Å²) in [5, 5.41) is 2.76. The molecule has 0 aromatic carbocycles. The summed E-state index contributed by atoms with van der Waals surface area (Å²) in [6.07, 6.45) is 6.47. The minimum absolute atomic E-state index is 0.0596. The molecule has 1 fully saturated rings. The molecule has 0 bridgehead atoms. The molecule has 94 valence electrons. The molecule has 2 unspecified atom stereocenters. The van der Waals surface area contributed by atoms with Crippen molar-refractivity contribution < 1.29 is 9.59 Å². The fraction of sp³-hybridized carbons (Fsp3) is 0.692. The third-order valence-corrected chi connectivity index (χ3v) is 3.07. The topological polar surface area (TPSA) is 49.4 Å². The molecule has 0 aromatic rings. The molecule has 1 aliphatic heterocycles. The molecule has 1 heterocycles. The van der Waals surface area contributed by atoms with Crippen LogP contribution in [-0.4, -0.2) is 35.3 Å². The second kappa shape index (κ2) is 5.72. The van der Waals surface area contributed by atoms with Gasteiger partial charge in [0.2, 0.25) is 11.8 Å². The summed E-state index contributed by atoms with van der Waals surface area (Å²) in [4.78, 5) is 25.5. The minimum Gasteiger partial charge on any atom is -0.344 e. The Morgan fingerprint density at radius 3 is 2.65 bits per heavy atom. The predicted molar refractivity (Wildman–Crippen MR) is 66.0 cm³/mol. The quantitative estimate of drug-likeness (QED) is 0.736. The molecule has 0 saturated carbocycles. The number of amides is 2. The van der Waals surface area contributed by atoms with Crippen LogP contribution in [-0.2, 0) is 9.59 Å². The van der Waals surface area contributed by atoms with Gasteiger partial charge >= 0.3 is 0 Å². The van der Waals surface area contributed by atoms with E-state index in [-0.39, 0.29) is 23.8 Å². The van der Waals surface area contributed by atoms with Gasteiger partial charge in [-0.3, -0.25) is 9.59 Å². The van der Waals surface area contributed by atoms with Crippen LogP contribution >= 0.6 is 0 Å². The lowest BCUT2D eigenvalue weighted by Gasteiger charge is -2.29. The van der Waals surface area contributed by atoms with Crippen LogP contribution in [0, 0.1) is 18.3 Å². The maximum absolute atomic E-state index is 12.3. The first-order valence-corrected chi connectivity index (χ1v) is 6.07. The van der Waals surface area contributed by atoms with Gasteiger partial charge in [-0.25, -0.2) is 0 Å². The molecule has 0 aromatic heterocycles. The average molecular weight is 236 g/mol. The zero-order valence-electron chi connectivity index (χ0n) is 10.7. The van der Waals surface area contributed by atoms with Crippen molar-refractivity contribution in [2.24, 2.45) is 5.92 Å². The Morgan fingerprint density at radius 2 is 2.18 bits per heavy atom. The van der Waals surface area contributed by atoms with Crippen LogP contribution in [0.5, 0.6) is 0 Å². The van der Waals surface area contributed by atoms with Gasteiger partial charge in [0.15, 0.2) is 0 Å². The van der Waals surface area contributed by atoms with Crippen LogP contribution in [0.15, 0.2) is 0 Å². The van der Waals surface area contributed by atoms with Crippen molar-refractivity contribution in [2.45, 2.75) is 45.7 Å². The predicted octanol–water partition coefficient (Wildman–Crippen LogP) is 0.771. The monoisotopic (exact) mass is 236 g/mol. The second-order valence-corrected chi connectivity index (χ2v) is 4.66. The van der Waals surface area contributed by atoms with Crippen LogP contribution in [0.25, 0.3) is 0 Å². The van der Waals surface area contributed by atoms with E-state index in [0.29, 0.717) is 19.4 Å². The summed E-state index contributed by atoms with van der Waals surface area (Å²) in [5.74, 6) is 2.55. The highest BCUT2D eigenvalue weighted by atomic mass is 16.2. The third kappa shape index (κ3) is 3.00. The van der Waals surface area contributed by atoms with Gasteiger partial charge in [0.1, 0.15) is 6.04 Å². The van der Waals surface area contributed by atoms with Crippen molar-refractivity contribution in [1.29, 1.82) is 0 Å². The smallest absolute Gasteiger partial charge is 0.246 e. The summed E-state index contributed by atoms with van der Waals surface area (Å²) >= 11 is 0. The standard InChI is InChI=1S/C13H20N2O2/c1-5-10(6-2)15-8-7-11(16)14-12(9(3)4)13(15)17/h1,9-10,12H,6-8H2,2-4H3,(H,14,16). The number of carbonyl (C=O) groups excluding carboxylic acids is 2. The lowest BCUT2D eigenvalue weighted by molar-refractivity contribution is -0.135. The van der Waals surface area contributed by atoms with Crippen LogP contribution < -0.4 is 5.32 Å². The van der Waals surface area contributed by atoms with Gasteiger partial charge < -0.3 is 10.2 Å². The van der Waals surface area contributed by atoms with Crippen molar-refractivity contribution in [2.75, 3.05) is 6.54 Å². The van der Waals surface area contributed by atoms with E-state index in [0.717, 1.165) is 0 Å². The molecule has 1 N–H and O–H groups in total. The van der Waals surface area contributed by atoms with Gasteiger partial charge in [-0.15, -0.1) is 6.42 Å². The third-order valence-electron chi connectivity index (χ3n) is 3.07. The highest BCUT2D eigenvalue weighted by Gasteiger charge is 2.34. The number of rotatable bonds is 3. The van der Waals surface area contributed by atoms with E-state index in [1.54, 1.807) is 4.90 Å². The molecule has 0 spiro atoms. The lowest BCUT2D eigenvalue weighted by atomic mass is 10.0. The first kappa shape index (κ1) is 13.6. The Labute approximate surface area is 103 Å². The number of hydrogen-bond donors (Lipinski definition) is 1. The van der Waals surface area contributed by atoms with E-state index in [4.69, 9.17) is 6.42 Å². The zero-order valence-corrected chi connectivity index (χ0v) is 10.7. The van der Waals surface area contributed by atoms with Gasteiger partial charge in [-0.05, 0) is 12.3 Å². The van der Waals surface area contributed by atoms with E-state index >= 15 is 0 Å². The Kier molecular flexibility index (Phi) is 4.56. The van der Waals surface area contributed by atoms with Gasteiger partial charge in [0, 0.05) is 13.0 Å². The maximum Gasteiger partial charge on any atom is 0.246 e. The maximum atomic E-state index is 12.3. The average Bonchev–Trinajstić information content (AvgIpc) is 2.43. The fourth-order valence-electron chi connectivity index (χ4n) is 2.01. The summed E-state index contributed by atoms with van der Waals surface area (Å²) in [7, 11) is 0. The fourth-order valence-corrected chi connectivity index (χ4v) is 2.01. The first-order chi connectivity index (χ1) is 8.01. The van der Waals surface area contributed by atoms with Gasteiger partial charge in [0.25, 0.3) is 0 Å². The molecule has 2 amide bonds. The summed E-state index contributed by atoms with van der Waals surface area (Å²) in [6.45, 7) is 6.20. The molecule has 4 heteroatoms. The Morgan fingerprint density at radius 1 is 1.53 bits per heavy atom. The molecule has 0 aliphatic carbocycles. The Hall–Kier alpha value is -1.50. The zero-order chi connectivity index (χ0) is 13.0. The van der Waals surface area contributed by atoms with E-state index in [2.05, 4.69) is 11.2 Å². The van der Waals surface area contributed by atoms with E-state index in [1.807, 2.05) is 20.8 Å². The van der Waals surface area contributed by atoms with E-state index < -0.39 is 6.04 Å². The van der Waals surface area contributed by atoms with Crippen LogP contribution in [0.2, 0.25) is 0 Å². The van der Waals surface area contributed by atoms with Crippen LogP contribution in [0.1, 0.15) is 33.6 Å². The van der Waals surface area contributed by atoms with Gasteiger partial charge in [0.05, 0.1) is 6.04 Å². The van der Waals surface area contributed by atoms with E-state index in [9.17, 15) is 9.59 Å². The van der Waals surface area contributed by atoms with E-state index in [1.165, 1.54) is 0 Å². The number of nitrogens with zero attached hydrogens (tertiary/aromatic N) is 1. The van der Waals surface area contributed by atoms with Crippen LogP contribution in [0.3, 0.4) is 0 Å². The second-order valence-electron chi connectivity index (χ2n) is 4.66. The van der Waals surface area contributed by atoms with Crippen molar-refractivity contribution in [1.82, 2.24) is 10.2 Å². The molecular weight excluding hydrogens is 216 g/mol. The molecule has 4 nitrogen and oxygen atoms in total. The summed E-state index contributed by atoms with van der Waals surface area (Å²) in [5.41, 5.74) is 0. The number of hydrogen-bond acceptors (Lipinski definition) is 2. The number of carbonyl (C=O) groups is 2. The minimum atomic E-state index is -0.451. The molecule has 2 atom stereocenters. The summed E-state index contributed by atoms with van der Waals surface area (Å²) < 4.78 is 0. The Balaban J connectivity index is 2.95.